The van der Waals surface area contributed by atoms with E-state index in [1.165, 1.54) is 12.1 Å². The molecule has 0 N–H and O–H groups in total. The van der Waals surface area contributed by atoms with Gasteiger partial charge in [0.15, 0.2) is 11.6 Å². The minimum Gasteiger partial charge on any atom is -0.487 e. The highest BCUT2D eigenvalue weighted by molar-refractivity contribution is 5.98. The molecule has 1 aromatic heterocycles. The zero-order chi connectivity index (χ0) is 17.8. The fraction of sp³-hybridized carbons (Fsp3) is 0.200. The summed E-state index contributed by atoms with van der Waals surface area (Å²) in [5, 5.41) is 0.919. The van der Waals surface area contributed by atoms with Crippen LogP contribution in [0, 0.1) is 19.7 Å². The molecule has 0 aliphatic carbocycles. The third-order valence-corrected chi connectivity index (χ3v) is 3.95. The number of esters is 1. The van der Waals surface area contributed by atoms with Gasteiger partial charge in [-0.15, -0.1) is 0 Å². The molecule has 2 aromatic carbocycles. The van der Waals surface area contributed by atoms with Gasteiger partial charge in [-0.05, 0) is 37.6 Å². The number of carbonyl (C=O) groups excluding carboxylic acids is 1. The van der Waals surface area contributed by atoms with E-state index < -0.39 is 11.8 Å². The minimum absolute atomic E-state index is 0.0267. The quantitative estimate of drug-likeness (QED) is 0.516. The van der Waals surface area contributed by atoms with Crippen molar-refractivity contribution in [3.05, 3.63) is 71.2 Å². The van der Waals surface area contributed by atoms with E-state index in [2.05, 4.69) is 4.98 Å². The van der Waals surface area contributed by atoms with E-state index in [1.807, 2.05) is 31.2 Å². The van der Waals surface area contributed by atoms with Crippen LogP contribution in [-0.4, -0.2) is 24.2 Å². The molecule has 3 rings (SSSR count). The molecule has 0 bridgehead atoms. The third kappa shape index (κ3) is 3.60. The van der Waals surface area contributed by atoms with Crippen molar-refractivity contribution in [2.75, 3.05) is 13.2 Å². The van der Waals surface area contributed by atoms with Crippen LogP contribution in [-0.2, 0) is 4.74 Å². The number of para-hydroxylation sites is 2. The van der Waals surface area contributed by atoms with Gasteiger partial charge < -0.3 is 9.47 Å². The van der Waals surface area contributed by atoms with Crippen molar-refractivity contribution in [2.24, 2.45) is 0 Å². The van der Waals surface area contributed by atoms with Gasteiger partial charge in [0.25, 0.3) is 0 Å². The highest BCUT2D eigenvalue weighted by atomic mass is 19.1. The zero-order valence-corrected chi connectivity index (χ0v) is 14.1. The van der Waals surface area contributed by atoms with Crippen LogP contribution < -0.4 is 4.74 Å². The first kappa shape index (κ1) is 16.9. The number of nitrogens with zero attached hydrogens (tertiary/aromatic N) is 1. The Morgan fingerprint density at radius 2 is 1.76 bits per heavy atom. The number of carbonyl (C=O) groups is 1. The topological polar surface area (TPSA) is 48.4 Å². The van der Waals surface area contributed by atoms with Crippen molar-refractivity contribution >= 4 is 16.9 Å². The van der Waals surface area contributed by atoms with Gasteiger partial charge in [-0.3, -0.25) is 4.98 Å². The average Bonchev–Trinajstić information content (AvgIpc) is 2.60. The van der Waals surface area contributed by atoms with Crippen molar-refractivity contribution in [3.8, 4) is 5.75 Å². The Bertz CT molecular complexity index is 924. The molecule has 0 aliphatic rings. The number of aryl methyl sites for hydroxylation is 2. The molecule has 4 nitrogen and oxygen atoms in total. The summed E-state index contributed by atoms with van der Waals surface area (Å²) >= 11 is 0. The first-order valence-corrected chi connectivity index (χ1v) is 7.98. The predicted molar refractivity (Wildman–Crippen MR) is 93.4 cm³/mol. The molecule has 0 atom stereocenters. The maximum atomic E-state index is 13.5. The van der Waals surface area contributed by atoms with Gasteiger partial charge in [0, 0.05) is 5.39 Å². The molecule has 1 heterocycles. The second-order valence-electron chi connectivity index (χ2n) is 5.63. The predicted octanol–water partition coefficient (Wildman–Crippen LogP) is 4.23. The molecule has 0 fully saturated rings. The third-order valence-electron chi connectivity index (χ3n) is 3.95. The number of hydrogen-bond acceptors (Lipinski definition) is 4. The normalized spacial score (nSPS) is 10.7. The fourth-order valence-electron chi connectivity index (χ4n) is 2.75. The molecule has 0 spiro atoms. The summed E-state index contributed by atoms with van der Waals surface area (Å²) in [7, 11) is 0. The Labute approximate surface area is 145 Å². The standard InChI is InChI=1S/C20H18FNO3/c1-13-15-7-3-5-9-17(15)22-14(2)19(13)20(23)25-12-11-24-18-10-6-4-8-16(18)21/h3-10H,11-12H2,1-2H3. The van der Waals surface area contributed by atoms with Crippen molar-refractivity contribution < 1.29 is 18.7 Å². The SMILES string of the molecule is Cc1nc2ccccc2c(C)c1C(=O)OCCOc1ccccc1F. The summed E-state index contributed by atoms with van der Waals surface area (Å²) in [6.45, 7) is 3.76. The van der Waals surface area contributed by atoms with Gasteiger partial charge in [-0.2, -0.15) is 0 Å². The van der Waals surface area contributed by atoms with Crippen LogP contribution in [0.5, 0.6) is 5.75 Å². The van der Waals surface area contributed by atoms with Crippen molar-refractivity contribution in [3.63, 3.8) is 0 Å². The maximum Gasteiger partial charge on any atom is 0.340 e. The van der Waals surface area contributed by atoms with E-state index in [9.17, 15) is 9.18 Å². The summed E-state index contributed by atoms with van der Waals surface area (Å²) in [5.74, 6) is -0.761. The molecule has 0 saturated carbocycles. The van der Waals surface area contributed by atoms with E-state index in [1.54, 1.807) is 19.1 Å². The average molecular weight is 339 g/mol. The molecule has 0 radical (unpaired) electrons. The van der Waals surface area contributed by atoms with Gasteiger partial charge in [0.2, 0.25) is 0 Å². The lowest BCUT2D eigenvalue weighted by molar-refractivity contribution is 0.0446. The summed E-state index contributed by atoms with van der Waals surface area (Å²) in [6.07, 6.45) is 0. The van der Waals surface area contributed by atoms with Crippen LogP contribution in [0.15, 0.2) is 48.5 Å². The van der Waals surface area contributed by atoms with E-state index in [4.69, 9.17) is 9.47 Å². The van der Waals surface area contributed by atoms with Crippen molar-refractivity contribution in [1.29, 1.82) is 0 Å². The second kappa shape index (κ2) is 7.30. The van der Waals surface area contributed by atoms with Gasteiger partial charge in [0.05, 0.1) is 16.8 Å². The number of aromatic nitrogens is 1. The Morgan fingerprint density at radius 3 is 2.56 bits per heavy atom. The highest BCUT2D eigenvalue weighted by Crippen LogP contribution is 2.23. The Kier molecular flexibility index (Phi) is 4.93. The van der Waals surface area contributed by atoms with Gasteiger partial charge >= 0.3 is 5.97 Å². The van der Waals surface area contributed by atoms with Crippen LogP contribution in [0.1, 0.15) is 21.6 Å². The van der Waals surface area contributed by atoms with Crippen LogP contribution >= 0.6 is 0 Å². The molecule has 128 valence electrons. The molecule has 0 unspecified atom stereocenters. The van der Waals surface area contributed by atoms with Crippen LogP contribution in [0.4, 0.5) is 4.39 Å². The monoisotopic (exact) mass is 339 g/mol. The number of benzene rings is 2. The van der Waals surface area contributed by atoms with E-state index >= 15 is 0 Å². The van der Waals surface area contributed by atoms with Gasteiger partial charge in [-0.25, -0.2) is 9.18 Å². The summed E-state index contributed by atoms with van der Waals surface area (Å²) in [4.78, 5) is 16.9. The summed E-state index contributed by atoms with van der Waals surface area (Å²) < 4.78 is 24.0. The van der Waals surface area contributed by atoms with Crippen molar-refractivity contribution in [2.45, 2.75) is 13.8 Å². The number of rotatable bonds is 5. The molecule has 0 saturated heterocycles. The molecule has 25 heavy (non-hydrogen) atoms. The summed E-state index contributed by atoms with van der Waals surface area (Å²) in [5.41, 5.74) is 2.76. The van der Waals surface area contributed by atoms with Crippen LogP contribution in [0.25, 0.3) is 10.9 Å². The van der Waals surface area contributed by atoms with E-state index in [-0.39, 0.29) is 19.0 Å². The van der Waals surface area contributed by atoms with Crippen molar-refractivity contribution in [1.82, 2.24) is 4.98 Å². The lowest BCUT2D eigenvalue weighted by Gasteiger charge is -2.12. The zero-order valence-electron chi connectivity index (χ0n) is 14.1. The van der Waals surface area contributed by atoms with Gasteiger partial charge in [-0.1, -0.05) is 30.3 Å². The number of hydrogen-bond donors (Lipinski definition) is 0. The first-order chi connectivity index (χ1) is 12.1. The lowest BCUT2D eigenvalue weighted by atomic mass is 10.0. The van der Waals surface area contributed by atoms with Crippen LogP contribution in [0.3, 0.4) is 0 Å². The largest absolute Gasteiger partial charge is 0.487 e. The highest BCUT2D eigenvalue weighted by Gasteiger charge is 2.17. The lowest BCUT2D eigenvalue weighted by Crippen LogP contribution is -2.15. The Balaban J connectivity index is 1.67. The molecule has 3 aromatic rings. The maximum absolute atomic E-state index is 13.5. The number of fused-ring (bicyclic) bond motifs is 1. The van der Waals surface area contributed by atoms with Crippen LogP contribution in [0.2, 0.25) is 0 Å². The molecular weight excluding hydrogens is 321 g/mol. The molecule has 5 heteroatoms. The molecule has 0 amide bonds. The van der Waals surface area contributed by atoms with Gasteiger partial charge in [0.1, 0.15) is 13.2 Å². The number of ether oxygens (including phenoxy) is 2. The smallest absolute Gasteiger partial charge is 0.340 e. The summed E-state index contributed by atoms with van der Waals surface area (Å²) in [6, 6.07) is 13.8. The number of pyridine rings is 1. The number of halogens is 1. The molecular formula is C20H18FNO3. The Morgan fingerprint density at radius 1 is 1.04 bits per heavy atom. The second-order valence-corrected chi connectivity index (χ2v) is 5.63. The van der Waals surface area contributed by atoms with E-state index in [0.29, 0.717) is 11.3 Å². The molecule has 0 aliphatic heterocycles. The van der Waals surface area contributed by atoms with E-state index in [0.717, 1.165) is 16.5 Å². The Hall–Kier alpha value is -2.95. The fourth-order valence-corrected chi connectivity index (χ4v) is 2.75. The first-order valence-electron chi connectivity index (χ1n) is 7.98. The minimum atomic E-state index is -0.453.